The largest absolute Gasteiger partial charge is 0.457 e. The summed E-state index contributed by atoms with van der Waals surface area (Å²) in [5, 5.41) is 4.39. The zero-order valence-electron chi connectivity index (χ0n) is 10.9. The molecule has 21 heavy (non-hydrogen) atoms. The minimum Gasteiger partial charge on any atom is -0.457 e. The maximum atomic E-state index is 14.3. The van der Waals surface area contributed by atoms with Crippen molar-refractivity contribution in [3.05, 3.63) is 46.0 Å². The van der Waals surface area contributed by atoms with Crippen LogP contribution in [-0.2, 0) is 7.05 Å². The van der Waals surface area contributed by atoms with E-state index >= 15 is 0 Å². The van der Waals surface area contributed by atoms with Gasteiger partial charge in [0.25, 0.3) is 0 Å². The van der Waals surface area contributed by atoms with Crippen molar-refractivity contribution in [3.63, 3.8) is 0 Å². The number of nitrogen functional groups attached to an aromatic ring is 1. The molecule has 2 N–H and O–H groups in total. The van der Waals surface area contributed by atoms with E-state index in [-0.39, 0.29) is 5.02 Å². The molecule has 0 saturated carbocycles. The van der Waals surface area contributed by atoms with E-state index in [9.17, 15) is 4.39 Å². The van der Waals surface area contributed by atoms with E-state index in [1.54, 1.807) is 25.2 Å². The summed E-state index contributed by atoms with van der Waals surface area (Å²) in [7, 11) is 1.69. The molecular formula is C14H10BrClFN3O. The molecule has 0 aliphatic rings. The van der Waals surface area contributed by atoms with Crippen LogP contribution in [-0.4, -0.2) is 9.78 Å². The summed E-state index contributed by atoms with van der Waals surface area (Å²) in [6.45, 7) is 0. The molecule has 2 aromatic heterocycles. The van der Waals surface area contributed by atoms with Crippen LogP contribution in [0.15, 0.2) is 39.6 Å². The van der Waals surface area contributed by atoms with Gasteiger partial charge in [-0.3, -0.25) is 4.68 Å². The molecule has 0 spiro atoms. The van der Waals surface area contributed by atoms with E-state index in [0.717, 1.165) is 0 Å². The van der Waals surface area contributed by atoms with Crippen LogP contribution in [0.3, 0.4) is 0 Å². The summed E-state index contributed by atoms with van der Waals surface area (Å²) in [4.78, 5) is 0. The van der Waals surface area contributed by atoms with Crippen LogP contribution in [0.2, 0.25) is 5.02 Å². The highest BCUT2D eigenvalue weighted by atomic mass is 79.9. The van der Waals surface area contributed by atoms with E-state index in [1.165, 1.54) is 17.0 Å². The Balaban J connectivity index is 2.33. The van der Waals surface area contributed by atoms with E-state index in [4.69, 9.17) is 21.8 Å². The number of anilines is 1. The number of halogens is 3. The quantitative estimate of drug-likeness (QED) is 0.723. The van der Waals surface area contributed by atoms with Gasteiger partial charge >= 0.3 is 0 Å². The first kappa shape index (κ1) is 14.2. The predicted octanol–water partition coefficient (Wildman–Crippen LogP) is 4.48. The van der Waals surface area contributed by atoms with Crippen LogP contribution >= 0.6 is 27.5 Å². The number of hydrogen-bond donors (Lipinski definition) is 1. The second-order valence-corrected chi connectivity index (χ2v) is 5.57. The Morgan fingerprint density at radius 2 is 2.10 bits per heavy atom. The number of aromatic nitrogens is 2. The molecule has 0 amide bonds. The number of hydrogen-bond acceptors (Lipinski definition) is 3. The lowest BCUT2D eigenvalue weighted by atomic mass is 10.0. The lowest BCUT2D eigenvalue weighted by Crippen LogP contribution is -1.98. The number of nitrogens with two attached hydrogens (primary N) is 1. The van der Waals surface area contributed by atoms with Crippen LogP contribution < -0.4 is 5.73 Å². The van der Waals surface area contributed by atoms with Crippen molar-refractivity contribution in [2.75, 3.05) is 5.73 Å². The van der Waals surface area contributed by atoms with Gasteiger partial charge in [-0.2, -0.15) is 5.10 Å². The summed E-state index contributed by atoms with van der Waals surface area (Å²) in [6.07, 6.45) is 1.52. The second kappa shape index (κ2) is 5.20. The average Bonchev–Trinajstić information content (AvgIpc) is 2.99. The Kier molecular flexibility index (Phi) is 3.51. The number of aryl methyl sites for hydroxylation is 1. The van der Waals surface area contributed by atoms with Gasteiger partial charge in [-0.25, -0.2) is 4.39 Å². The fourth-order valence-corrected chi connectivity index (χ4v) is 2.75. The first-order valence-electron chi connectivity index (χ1n) is 6.01. The Bertz CT molecular complexity index is 828. The summed E-state index contributed by atoms with van der Waals surface area (Å²) in [5.74, 6) is -0.181. The smallest absolute Gasteiger partial charge is 0.178 e. The standard InChI is InChI=1S/C14H10BrClFN3O/c1-20-14(18)10(7-3-2-4-9(16)11(7)17)12(19-20)8-5-6-21-13(8)15/h2-6H,18H2,1H3. The highest BCUT2D eigenvalue weighted by Gasteiger charge is 2.23. The van der Waals surface area contributed by atoms with E-state index in [0.29, 0.717) is 32.9 Å². The number of benzene rings is 1. The topological polar surface area (TPSA) is 57.0 Å². The molecule has 7 heteroatoms. The summed E-state index contributed by atoms with van der Waals surface area (Å²) in [6, 6.07) is 6.51. The monoisotopic (exact) mass is 369 g/mol. The van der Waals surface area contributed by atoms with E-state index < -0.39 is 5.82 Å². The highest BCUT2D eigenvalue weighted by Crippen LogP contribution is 2.41. The molecule has 0 radical (unpaired) electrons. The molecule has 0 atom stereocenters. The van der Waals surface area contributed by atoms with Gasteiger partial charge in [0.15, 0.2) is 4.67 Å². The molecule has 0 aliphatic heterocycles. The van der Waals surface area contributed by atoms with Crippen molar-refractivity contribution in [1.82, 2.24) is 9.78 Å². The molecule has 1 aromatic carbocycles. The van der Waals surface area contributed by atoms with E-state index in [1.807, 2.05) is 0 Å². The Labute approximate surface area is 133 Å². The Hall–Kier alpha value is -1.79. The molecule has 4 nitrogen and oxygen atoms in total. The lowest BCUT2D eigenvalue weighted by Gasteiger charge is -2.06. The fraction of sp³-hybridized carbons (Fsp3) is 0.0714. The van der Waals surface area contributed by atoms with Crippen LogP contribution in [0.5, 0.6) is 0 Å². The normalized spacial score (nSPS) is 11.0. The average molecular weight is 371 g/mol. The number of nitrogens with zero attached hydrogens (tertiary/aromatic N) is 2. The molecule has 2 heterocycles. The Morgan fingerprint density at radius 1 is 1.33 bits per heavy atom. The molecule has 0 bridgehead atoms. The lowest BCUT2D eigenvalue weighted by molar-refractivity contribution is 0.542. The first-order valence-corrected chi connectivity index (χ1v) is 7.18. The van der Waals surface area contributed by atoms with Gasteiger partial charge in [0.1, 0.15) is 17.3 Å². The van der Waals surface area contributed by atoms with Crippen LogP contribution in [0.25, 0.3) is 22.4 Å². The van der Waals surface area contributed by atoms with Crippen LogP contribution in [0.1, 0.15) is 0 Å². The van der Waals surface area contributed by atoms with Crippen molar-refractivity contribution in [2.24, 2.45) is 7.05 Å². The van der Waals surface area contributed by atoms with Gasteiger partial charge in [0, 0.05) is 12.6 Å². The minimum absolute atomic E-state index is 0.0352. The summed E-state index contributed by atoms with van der Waals surface area (Å²) >= 11 is 9.16. The molecule has 3 aromatic rings. The van der Waals surface area contributed by atoms with Gasteiger partial charge in [-0.15, -0.1) is 0 Å². The van der Waals surface area contributed by atoms with Crippen LogP contribution in [0, 0.1) is 5.82 Å². The van der Waals surface area contributed by atoms with Gasteiger partial charge in [0.05, 0.1) is 22.4 Å². The molecule has 0 unspecified atom stereocenters. The third kappa shape index (κ3) is 2.24. The summed E-state index contributed by atoms with van der Waals surface area (Å²) in [5.41, 5.74) is 8.06. The van der Waals surface area contributed by atoms with Gasteiger partial charge in [-0.1, -0.05) is 23.7 Å². The molecule has 3 rings (SSSR count). The zero-order valence-corrected chi connectivity index (χ0v) is 13.2. The van der Waals surface area contributed by atoms with E-state index in [2.05, 4.69) is 21.0 Å². The maximum Gasteiger partial charge on any atom is 0.178 e. The molecule has 0 saturated heterocycles. The van der Waals surface area contributed by atoms with Crippen LogP contribution in [0.4, 0.5) is 10.2 Å². The van der Waals surface area contributed by atoms with Crippen molar-refractivity contribution in [1.29, 1.82) is 0 Å². The van der Waals surface area contributed by atoms with Gasteiger partial charge < -0.3 is 10.2 Å². The number of rotatable bonds is 2. The highest BCUT2D eigenvalue weighted by molar-refractivity contribution is 9.10. The van der Waals surface area contributed by atoms with Crippen molar-refractivity contribution < 1.29 is 8.81 Å². The van der Waals surface area contributed by atoms with Crippen molar-refractivity contribution in [2.45, 2.75) is 0 Å². The second-order valence-electron chi connectivity index (χ2n) is 4.44. The molecule has 108 valence electrons. The third-order valence-corrected chi connectivity index (χ3v) is 4.09. The SMILES string of the molecule is Cn1nc(-c2ccoc2Br)c(-c2cccc(Cl)c2F)c1N. The van der Waals surface area contributed by atoms with Gasteiger partial charge in [-0.05, 0) is 28.1 Å². The predicted molar refractivity (Wildman–Crippen MR) is 83.4 cm³/mol. The van der Waals surface area contributed by atoms with Gasteiger partial charge in [0.2, 0.25) is 0 Å². The minimum atomic E-state index is -0.528. The Morgan fingerprint density at radius 3 is 2.76 bits per heavy atom. The molecule has 0 aliphatic carbocycles. The molecular weight excluding hydrogens is 361 g/mol. The fourth-order valence-electron chi connectivity index (χ4n) is 2.15. The first-order chi connectivity index (χ1) is 10.0. The third-order valence-electron chi connectivity index (χ3n) is 3.19. The maximum absolute atomic E-state index is 14.3. The zero-order chi connectivity index (χ0) is 15.1. The molecule has 0 fully saturated rings. The van der Waals surface area contributed by atoms with Crippen molar-refractivity contribution in [3.8, 4) is 22.4 Å². The summed E-state index contributed by atoms with van der Waals surface area (Å²) < 4.78 is 21.6. The van der Waals surface area contributed by atoms with Crippen molar-refractivity contribution >= 4 is 33.3 Å². The number of furan rings is 1.